The number of nitrogens with zero attached hydrogens (tertiary/aromatic N) is 5. The number of rotatable bonds is 4. The molecule has 0 N–H and O–H groups in total. The zero-order chi connectivity index (χ0) is 19.2. The van der Waals surface area contributed by atoms with E-state index in [1.165, 1.54) is 6.08 Å². The summed E-state index contributed by atoms with van der Waals surface area (Å²) in [6.07, 6.45) is 8.10. The number of hydrogen-bond acceptors (Lipinski definition) is 7. The molecule has 27 heavy (non-hydrogen) atoms. The Morgan fingerprint density at radius 2 is 1.67 bits per heavy atom. The maximum atomic E-state index is 12.2. The Labute approximate surface area is 157 Å². The molecule has 7 heteroatoms. The van der Waals surface area contributed by atoms with Crippen molar-refractivity contribution >= 4 is 11.6 Å². The first-order chi connectivity index (χ1) is 13.0. The molecule has 2 saturated heterocycles. The third-order valence-electron chi connectivity index (χ3n) is 6.41. The molecule has 0 aliphatic carbocycles. The summed E-state index contributed by atoms with van der Waals surface area (Å²) in [6.45, 7) is 1.21. The summed E-state index contributed by atoms with van der Waals surface area (Å²) in [5.74, 6) is -0.175. The summed E-state index contributed by atoms with van der Waals surface area (Å²) >= 11 is 0. The predicted molar refractivity (Wildman–Crippen MR) is 93.5 cm³/mol. The molecule has 4 bridgehead atoms. The van der Waals surface area contributed by atoms with E-state index in [4.69, 9.17) is 0 Å². The van der Waals surface area contributed by atoms with E-state index in [0.29, 0.717) is 25.9 Å². The third kappa shape index (κ3) is 2.53. The largest absolute Gasteiger partial charge is 0.293 e. The smallest absolute Gasteiger partial charge is 0.172 e. The second-order valence-corrected chi connectivity index (χ2v) is 7.69. The Bertz CT molecular complexity index is 856. The second-order valence-electron chi connectivity index (χ2n) is 7.69. The van der Waals surface area contributed by atoms with Crippen LogP contribution in [0, 0.1) is 45.3 Å². The van der Waals surface area contributed by atoms with Crippen LogP contribution < -0.4 is 0 Å². The molecule has 5 atom stereocenters. The topological polar surface area (TPSA) is 112 Å². The first-order valence-corrected chi connectivity index (χ1v) is 9.22. The average molecular weight is 361 g/mol. The molecule has 4 rings (SSSR count). The van der Waals surface area contributed by atoms with E-state index in [0.717, 1.165) is 0 Å². The highest BCUT2D eigenvalue weighted by Gasteiger charge is 2.55. The maximum absolute atomic E-state index is 12.2. The monoisotopic (exact) mass is 361 g/mol. The molecule has 5 unspecified atom stereocenters. The number of carbonyl (C=O) groups is 2. The lowest BCUT2D eigenvalue weighted by Gasteiger charge is -2.34. The van der Waals surface area contributed by atoms with E-state index in [1.807, 2.05) is 11.0 Å². The van der Waals surface area contributed by atoms with Gasteiger partial charge < -0.3 is 0 Å². The van der Waals surface area contributed by atoms with Gasteiger partial charge in [-0.2, -0.15) is 15.8 Å². The van der Waals surface area contributed by atoms with Gasteiger partial charge >= 0.3 is 0 Å². The molecule has 2 fully saturated rings. The number of hydrogen-bond donors (Lipinski definition) is 0. The number of nitriles is 3. The molecule has 0 radical (unpaired) electrons. The van der Waals surface area contributed by atoms with Gasteiger partial charge in [0.1, 0.15) is 0 Å². The van der Waals surface area contributed by atoms with Crippen LogP contribution in [-0.2, 0) is 9.59 Å². The van der Waals surface area contributed by atoms with E-state index in [1.54, 1.807) is 12.2 Å². The van der Waals surface area contributed by atoms with Crippen LogP contribution in [0.15, 0.2) is 24.3 Å². The Morgan fingerprint density at radius 1 is 1.00 bits per heavy atom. The summed E-state index contributed by atoms with van der Waals surface area (Å²) in [5.41, 5.74) is -1.18. The molecule has 0 aromatic heterocycles. The van der Waals surface area contributed by atoms with Gasteiger partial charge in [0.25, 0.3) is 0 Å². The van der Waals surface area contributed by atoms with Gasteiger partial charge in [-0.05, 0) is 25.0 Å². The van der Waals surface area contributed by atoms with E-state index in [-0.39, 0.29) is 42.0 Å². The van der Waals surface area contributed by atoms with Crippen LogP contribution in [0.4, 0.5) is 0 Å². The van der Waals surface area contributed by atoms with Gasteiger partial charge in [0, 0.05) is 25.6 Å². The van der Waals surface area contributed by atoms with Gasteiger partial charge in [-0.3, -0.25) is 19.4 Å². The van der Waals surface area contributed by atoms with Crippen LogP contribution >= 0.6 is 0 Å². The minimum atomic E-state index is -1.18. The number of ketones is 2. The van der Waals surface area contributed by atoms with Crippen molar-refractivity contribution in [2.24, 2.45) is 11.3 Å². The molecule has 0 amide bonds. The highest BCUT2D eigenvalue weighted by molar-refractivity contribution is 5.96. The van der Waals surface area contributed by atoms with Gasteiger partial charge in [-0.25, -0.2) is 0 Å². The highest BCUT2D eigenvalue weighted by atomic mass is 16.1. The van der Waals surface area contributed by atoms with Crippen LogP contribution in [0.2, 0.25) is 0 Å². The lowest BCUT2D eigenvalue weighted by atomic mass is 9.83. The lowest BCUT2D eigenvalue weighted by molar-refractivity contribution is -0.119. The Kier molecular flexibility index (Phi) is 4.19. The van der Waals surface area contributed by atoms with Crippen molar-refractivity contribution in [2.75, 3.05) is 13.1 Å². The molecule has 136 valence electrons. The SMILES string of the molecule is N#CC1CC2C(=O)C=CC1N2CCCN1C2CC(C#N)(C#N)C1C=CC2=O. The van der Waals surface area contributed by atoms with Gasteiger partial charge in [-0.15, -0.1) is 0 Å². The van der Waals surface area contributed by atoms with Crippen LogP contribution in [0.5, 0.6) is 0 Å². The van der Waals surface area contributed by atoms with Crippen LogP contribution in [0.3, 0.4) is 0 Å². The molecule has 7 nitrogen and oxygen atoms in total. The number of fused-ring (bicyclic) bond motifs is 4. The molecule has 0 aromatic rings. The first-order valence-electron chi connectivity index (χ1n) is 9.22. The summed E-state index contributed by atoms with van der Waals surface area (Å²) in [6, 6.07) is 5.49. The normalized spacial score (nSPS) is 36.4. The van der Waals surface area contributed by atoms with Crippen molar-refractivity contribution in [3.8, 4) is 18.2 Å². The zero-order valence-electron chi connectivity index (χ0n) is 14.8. The molecule has 4 aliphatic heterocycles. The van der Waals surface area contributed by atoms with E-state index < -0.39 is 11.5 Å². The first kappa shape index (κ1) is 17.6. The van der Waals surface area contributed by atoms with Gasteiger partial charge in [-0.1, -0.05) is 12.2 Å². The molecular weight excluding hydrogens is 342 g/mol. The fourth-order valence-electron chi connectivity index (χ4n) is 5.05. The lowest BCUT2D eigenvalue weighted by Crippen LogP contribution is -2.47. The minimum absolute atomic E-state index is 0.0328. The fourth-order valence-corrected chi connectivity index (χ4v) is 5.05. The van der Waals surface area contributed by atoms with E-state index in [2.05, 4.69) is 23.1 Å². The van der Waals surface area contributed by atoms with Crippen molar-refractivity contribution in [1.29, 1.82) is 15.8 Å². The standard InChI is InChI=1S/C20H19N5O2/c21-10-13-8-15-17(26)3-2-14(13)24(15)6-1-7-25-16-9-20(11-22,12-23)19(25)5-4-18(16)27/h2-5,13-16,19H,1,6-9H2. The number of carbonyl (C=O) groups excluding carboxylic acids is 2. The van der Waals surface area contributed by atoms with Gasteiger partial charge in [0.05, 0.1) is 42.3 Å². The fraction of sp³-hybridized carbons (Fsp3) is 0.550. The van der Waals surface area contributed by atoms with Crippen LogP contribution in [0.25, 0.3) is 0 Å². The summed E-state index contributed by atoms with van der Waals surface area (Å²) in [4.78, 5) is 28.4. The Morgan fingerprint density at radius 3 is 2.37 bits per heavy atom. The minimum Gasteiger partial charge on any atom is -0.293 e. The summed E-state index contributed by atoms with van der Waals surface area (Å²) in [7, 11) is 0. The third-order valence-corrected chi connectivity index (χ3v) is 6.41. The van der Waals surface area contributed by atoms with Crippen molar-refractivity contribution in [3.63, 3.8) is 0 Å². The van der Waals surface area contributed by atoms with E-state index in [9.17, 15) is 25.4 Å². The van der Waals surface area contributed by atoms with Gasteiger partial charge in [0.2, 0.25) is 0 Å². The molecule has 0 saturated carbocycles. The Balaban J connectivity index is 1.45. The van der Waals surface area contributed by atoms with Crippen molar-refractivity contribution < 1.29 is 9.59 Å². The molecule has 4 heterocycles. The quantitative estimate of drug-likeness (QED) is 0.725. The van der Waals surface area contributed by atoms with Crippen LogP contribution in [-0.4, -0.2) is 58.6 Å². The second kappa shape index (κ2) is 6.43. The maximum Gasteiger partial charge on any atom is 0.172 e. The van der Waals surface area contributed by atoms with E-state index >= 15 is 0 Å². The van der Waals surface area contributed by atoms with Crippen LogP contribution in [0.1, 0.15) is 19.3 Å². The van der Waals surface area contributed by atoms with Gasteiger partial charge in [0.15, 0.2) is 17.0 Å². The average Bonchev–Trinajstić information content (AvgIpc) is 3.08. The molecule has 0 aromatic carbocycles. The summed E-state index contributed by atoms with van der Waals surface area (Å²) < 4.78 is 0. The van der Waals surface area contributed by atoms with Crippen molar-refractivity contribution in [3.05, 3.63) is 24.3 Å². The molecular formula is C20H19N5O2. The predicted octanol–water partition coefficient (Wildman–Crippen LogP) is 0.713. The zero-order valence-corrected chi connectivity index (χ0v) is 14.8. The molecule has 0 spiro atoms. The highest BCUT2D eigenvalue weighted by Crippen LogP contribution is 2.43. The van der Waals surface area contributed by atoms with Crippen molar-refractivity contribution in [2.45, 2.75) is 43.4 Å². The molecule has 4 aliphatic rings. The van der Waals surface area contributed by atoms with Crippen molar-refractivity contribution in [1.82, 2.24) is 9.80 Å². The summed E-state index contributed by atoms with van der Waals surface area (Å²) in [5, 5.41) is 28.4. The Hall–Kier alpha value is -2.79.